The van der Waals surface area contributed by atoms with Gasteiger partial charge in [0.25, 0.3) is 0 Å². The zero-order valence-electron chi connectivity index (χ0n) is 8.92. The smallest absolute Gasteiger partial charge is 0.366 e. The van der Waals surface area contributed by atoms with E-state index in [4.69, 9.17) is 18.3 Å². The molecule has 0 bridgehead atoms. The Morgan fingerprint density at radius 2 is 2.00 bits per heavy atom. The zero-order valence-corrected chi connectivity index (χ0v) is 9.81. The van der Waals surface area contributed by atoms with Crippen molar-refractivity contribution in [2.45, 2.75) is 32.7 Å². The Morgan fingerprint density at radius 1 is 1.40 bits per heavy atom. The number of aliphatic hydroxyl groups is 1. The van der Waals surface area contributed by atoms with Crippen molar-refractivity contribution in [1.29, 1.82) is 0 Å². The molecular weight excluding hydrogens is 223 g/mol. The molecule has 7 heteroatoms. The summed E-state index contributed by atoms with van der Waals surface area (Å²) < 4.78 is 31.7. The van der Waals surface area contributed by atoms with Gasteiger partial charge in [-0.2, -0.15) is 0 Å². The number of ether oxygens (including phenoxy) is 1. The van der Waals surface area contributed by atoms with Gasteiger partial charge in [-0.05, 0) is 13.8 Å². The highest BCUT2D eigenvalue weighted by Gasteiger charge is 2.36. The van der Waals surface area contributed by atoms with Gasteiger partial charge in [-0.3, -0.25) is 13.6 Å². The van der Waals surface area contributed by atoms with Crippen molar-refractivity contribution in [2.24, 2.45) is 0 Å². The van der Waals surface area contributed by atoms with Crippen LogP contribution in [0.15, 0.2) is 0 Å². The Kier molecular flexibility index (Phi) is 5.18. The first kappa shape index (κ1) is 13.1. The molecule has 2 atom stereocenters. The van der Waals surface area contributed by atoms with Gasteiger partial charge in [-0.1, -0.05) is 0 Å². The summed E-state index contributed by atoms with van der Waals surface area (Å²) in [5.74, 6) is 0. The van der Waals surface area contributed by atoms with Crippen LogP contribution in [-0.4, -0.2) is 37.3 Å². The fraction of sp³-hybridized carbons (Fsp3) is 1.00. The molecule has 0 aliphatic carbocycles. The lowest BCUT2D eigenvalue weighted by Crippen LogP contribution is -2.23. The average molecular weight is 240 g/mol. The third-order valence-corrected chi connectivity index (χ3v) is 3.53. The van der Waals surface area contributed by atoms with E-state index in [0.717, 1.165) is 0 Å². The van der Waals surface area contributed by atoms with Crippen LogP contribution in [-0.2, 0) is 22.9 Å². The highest BCUT2D eigenvalue weighted by molar-refractivity contribution is 7.48. The van der Waals surface area contributed by atoms with Gasteiger partial charge in [0.05, 0.1) is 19.8 Å². The summed E-state index contributed by atoms with van der Waals surface area (Å²) in [4.78, 5) is 0. The van der Waals surface area contributed by atoms with Crippen molar-refractivity contribution in [3.05, 3.63) is 0 Å². The predicted molar refractivity (Wildman–Crippen MR) is 52.3 cm³/mol. The highest BCUT2D eigenvalue weighted by atomic mass is 31.2. The normalized spacial score (nSPS) is 27.1. The number of phosphoric acid groups is 1. The summed E-state index contributed by atoms with van der Waals surface area (Å²) in [6, 6.07) is 0. The molecule has 1 heterocycles. The molecule has 0 aromatic heterocycles. The molecule has 15 heavy (non-hydrogen) atoms. The van der Waals surface area contributed by atoms with Crippen LogP contribution in [0.2, 0.25) is 0 Å². The van der Waals surface area contributed by atoms with Crippen LogP contribution in [0.1, 0.15) is 20.3 Å². The molecule has 1 rings (SSSR count). The Balaban J connectivity index is 2.53. The first-order valence-corrected chi connectivity index (χ1v) is 6.44. The minimum atomic E-state index is -3.55. The number of hydrogen-bond donors (Lipinski definition) is 1. The van der Waals surface area contributed by atoms with Gasteiger partial charge in [0.1, 0.15) is 6.10 Å². The lowest BCUT2D eigenvalue weighted by molar-refractivity contribution is -0.107. The molecule has 1 aliphatic rings. The van der Waals surface area contributed by atoms with Crippen LogP contribution >= 0.6 is 7.82 Å². The molecule has 1 saturated heterocycles. The molecule has 1 fully saturated rings. The quantitative estimate of drug-likeness (QED) is 0.705. The van der Waals surface area contributed by atoms with E-state index in [1.54, 1.807) is 13.8 Å². The summed E-state index contributed by atoms with van der Waals surface area (Å²) in [5, 5.41) is 9.31. The van der Waals surface area contributed by atoms with Gasteiger partial charge in [-0.15, -0.1) is 0 Å². The molecule has 0 spiro atoms. The Morgan fingerprint density at radius 3 is 2.40 bits per heavy atom. The number of aliphatic hydroxyl groups excluding tert-OH is 1. The van der Waals surface area contributed by atoms with Gasteiger partial charge in [0, 0.05) is 6.42 Å². The molecule has 0 amide bonds. The monoisotopic (exact) mass is 240 g/mol. The molecule has 1 aliphatic heterocycles. The van der Waals surface area contributed by atoms with E-state index in [1.807, 2.05) is 0 Å². The predicted octanol–water partition coefficient (Wildman–Crippen LogP) is 1.29. The van der Waals surface area contributed by atoms with E-state index in [9.17, 15) is 9.67 Å². The molecule has 0 aromatic rings. The minimum Gasteiger partial charge on any atom is -0.366 e. The first-order chi connectivity index (χ1) is 7.11. The number of rotatable bonds is 6. The summed E-state index contributed by atoms with van der Waals surface area (Å²) in [7, 11) is -3.55. The standard InChI is InChI=1S/C8H17O6P/c1-3-12-15(10,13-4-2)14-7-5-6-11-8(7)9/h7-9H,3-6H2,1-2H3. The maximum absolute atomic E-state index is 11.9. The average Bonchev–Trinajstić information content (AvgIpc) is 2.52. The van der Waals surface area contributed by atoms with E-state index in [1.165, 1.54) is 0 Å². The van der Waals surface area contributed by atoms with Crippen LogP contribution < -0.4 is 0 Å². The Labute approximate surface area is 89.1 Å². The second-order valence-electron chi connectivity index (χ2n) is 2.98. The second-order valence-corrected chi connectivity index (χ2v) is 4.60. The SMILES string of the molecule is CCOP(=O)(OCC)OC1CCOC1O. The van der Waals surface area contributed by atoms with E-state index in [2.05, 4.69) is 0 Å². The topological polar surface area (TPSA) is 74.2 Å². The van der Waals surface area contributed by atoms with Crippen molar-refractivity contribution in [1.82, 2.24) is 0 Å². The summed E-state index contributed by atoms with van der Waals surface area (Å²) in [6.45, 7) is 4.21. The molecule has 0 radical (unpaired) electrons. The maximum Gasteiger partial charge on any atom is 0.475 e. The van der Waals surface area contributed by atoms with Crippen molar-refractivity contribution in [2.75, 3.05) is 19.8 Å². The second kappa shape index (κ2) is 5.94. The van der Waals surface area contributed by atoms with Gasteiger partial charge in [-0.25, -0.2) is 4.57 Å². The molecule has 0 saturated carbocycles. The van der Waals surface area contributed by atoms with Crippen LogP contribution in [0.4, 0.5) is 0 Å². The Hall–Kier alpha value is 0.0300. The van der Waals surface area contributed by atoms with Crippen LogP contribution in [0.3, 0.4) is 0 Å². The van der Waals surface area contributed by atoms with Gasteiger partial charge in [0.2, 0.25) is 0 Å². The van der Waals surface area contributed by atoms with Crippen LogP contribution in [0.25, 0.3) is 0 Å². The fourth-order valence-corrected chi connectivity index (χ4v) is 2.61. The van der Waals surface area contributed by atoms with Crippen molar-refractivity contribution < 1.29 is 28.0 Å². The van der Waals surface area contributed by atoms with Crippen molar-refractivity contribution in [3.8, 4) is 0 Å². The van der Waals surface area contributed by atoms with Gasteiger partial charge in [0.15, 0.2) is 6.29 Å². The number of hydrogen-bond acceptors (Lipinski definition) is 6. The van der Waals surface area contributed by atoms with E-state index in [-0.39, 0.29) is 13.2 Å². The Bertz CT molecular complexity index is 223. The zero-order chi connectivity index (χ0) is 11.3. The number of phosphoric ester groups is 1. The third kappa shape index (κ3) is 3.83. The molecule has 1 N–H and O–H groups in total. The maximum atomic E-state index is 11.9. The van der Waals surface area contributed by atoms with Crippen LogP contribution in [0, 0.1) is 0 Å². The fourth-order valence-electron chi connectivity index (χ4n) is 1.24. The third-order valence-electron chi connectivity index (χ3n) is 1.85. The summed E-state index contributed by atoms with van der Waals surface area (Å²) in [6.07, 6.45) is -1.22. The van der Waals surface area contributed by atoms with E-state index in [0.29, 0.717) is 13.0 Å². The van der Waals surface area contributed by atoms with Crippen molar-refractivity contribution in [3.63, 3.8) is 0 Å². The summed E-state index contributed by atoms with van der Waals surface area (Å²) in [5.41, 5.74) is 0. The first-order valence-electron chi connectivity index (χ1n) is 4.98. The lowest BCUT2D eigenvalue weighted by atomic mass is 10.3. The van der Waals surface area contributed by atoms with Crippen molar-refractivity contribution >= 4 is 7.82 Å². The lowest BCUT2D eigenvalue weighted by Gasteiger charge is -2.21. The van der Waals surface area contributed by atoms with Gasteiger partial charge >= 0.3 is 7.82 Å². The summed E-state index contributed by atoms with van der Waals surface area (Å²) >= 11 is 0. The minimum absolute atomic E-state index is 0.223. The molecule has 6 nitrogen and oxygen atoms in total. The largest absolute Gasteiger partial charge is 0.475 e. The molecule has 90 valence electrons. The van der Waals surface area contributed by atoms with E-state index < -0.39 is 20.2 Å². The molecule has 2 unspecified atom stereocenters. The highest BCUT2D eigenvalue weighted by Crippen LogP contribution is 2.51. The molecular formula is C8H17O6P. The van der Waals surface area contributed by atoms with E-state index >= 15 is 0 Å². The van der Waals surface area contributed by atoms with Crippen LogP contribution in [0.5, 0.6) is 0 Å². The van der Waals surface area contributed by atoms with Gasteiger partial charge < -0.3 is 9.84 Å². The molecule has 0 aromatic carbocycles.